The molecule has 0 bridgehead atoms. The van der Waals surface area contributed by atoms with Crippen molar-refractivity contribution in [2.75, 3.05) is 12.5 Å². The van der Waals surface area contributed by atoms with Gasteiger partial charge in [0, 0.05) is 0 Å². The molecule has 2 N–H and O–H groups in total. The number of nitrogens with one attached hydrogen (secondary N) is 1. The summed E-state index contributed by atoms with van der Waals surface area (Å²) in [5.74, 6) is 0.207. The van der Waals surface area contributed by atoms with E-state index in [9.17, 15) is 9.90 Å². The van der Waals surface area contributed by atoms with Gasteiger partial charge in [-0.1, -0.05) is 42.5 Å². The highest BCUT2D eigenvalue weighted by atomic mass is 16.5. The lowest BCUT2D eigenvalue weighted by molar-refractivity contribution is 0.0698. The lowest BCUT2D eigenvalue weighted by atomic mass is 10.2. The molecule has 0 aliphatic rings. The van der Waals surface area contributed by atoms with Gasteiger partial charge in [0.15, 0.2) is 11.5 Å². The summed E-state index contributed by atoms with van der Waals surface area (Å²) in [6.07, 6.45) is 1.59. The molecule has 142 valence electrons. The minimum absolute atomic E-state index is 0.155. The highest BCUT2D eigenvalue weighted by Gasteiger charge is 2.08. The van der Waals surface area contributed by atoms with Gasteiger partial charge in [0.2, 0.25) is 0 Å². The Labute approximate surface area is 163 Å². The summed E-state index contributed by atoms with van der Waals surface area (Å²) < 4.78 is 11.2. The number of benzene rings is 3. The first-order valence-electron chi connectivity index (χ1n) is 8.63. The molecule has 0 atom stereocenters. The fourth-order valence-electron chi connectivity index (χ4n) is 2.56. The zero-order valence-corrected chi connectivity index (χ0v) is 15.3. The van der Waals surface area contributed by atoms with Crippen molar-refractivity contribution in [1.82, 2.24) is 0 Å². The predicted molar refractivity (Wildman–Crippen MR) is 108 cm³/mol. The summed E-state index contributed by atoms with van der Waals surface area (Å²) in [5.41, 5.74) is 5.18. The largest absolute Gasteiger partial charge is 0.493 e. The maximum atomic E-state index is 11.2. The molecular weight excluding hydrogens is 356 g/mol. The maximum absolute atomic E-state index is 11.2. The van der Waals surface area contributed by atoms with Gasteiger partial charge in [-0.3, -0.25) is 5.43 Å². The molecule has 0 saturated heterocycles. The zero-order chi connectivity index (χ0) is 19.8. The quantitative estimate of drug-likeness (QED) is 0.449. The van der Waals surface area contributed by atoms with Crippen LogP contribution in [0, 0.1) is 0 Å². The van der Waals surface area contributed by atoms with E-state index in [1.54, 1.807) is 37.6 Å². The maximum Gasteiger partial charge on any atom is 0.337 e. The second-order valence-electron chi connectivity index (χ2n) is 5.91. The molecular formula is C22H20N2O4. The Kier molecular flexibility index (Phi) is 6.25. The van der Waals surface area contributed by atoms with Crippen LogP contribution in [0.3, 0.4) is 0 Å². The molecule has 0 unspecified atom stereocenters. The number of nitrogens with zero attached hydrogens (tertiary/aromatic N) is 1. The number of aromatic carboxylic acids is 1. The Morgan fingerprint density at radius 2 is 1.79 bits per heavy atom. The fraction of sp³-hybridized carbons (Fsp3) is 0.0909. The molecule has 6 heteroatoms. The number of anilines is 1. The summed E-state index contributed by atoms with van der Waals surface area (Å²) in [5, 5.41) is 13.3. The topological polar surface area (TPSA) is 80.2 Å². The van der Waals surface area contributed by atoms with Crippen molar-refractivity contribution in [2.45, 2.75) is 6.61 Å². The summed E-state index contributed by atoms with van der Waals surface area (Å²) in [6, 6.07) is 21.9. The van der Waals surface area contributed by atoms with Gasteiger partial charge in [0.05, 0.1) is 24.6 Å². The van der Waals surface area contributed by atoms with Crippen LogP contribution in [0.5, 0.6) is 11.5 Å². The molecule has 3 rings (SSSR count). The number of carboxylic acid groups (broad SMARTS) is 1. The third kappa shape index (κ3) is 4.88. The Bertz CT molecular complexity index is 971. The van der Waals surface area contributed by atoms with Gasteiger partial charge in [-0.05, 0) is 41.5 Å². The number of hydrazone groups is 1. The van der Waals surface area contributed by atoms with Gasteiger partial charge in [-0.25, -0.2) is 4.79 Å². The van der Waals surface area contributed by atoms with Crippen molar-refractivity contribution in [3.63, 3.8) is 0 Å². The van der Waals surface area contributed by atoms with E-state index >= 15 is 0 Å². The van der Waals surface area contributed by atoms with Gasteiger partial charge in [-0.2, -0.15) is 5.10 Å². The minimum Gasteiger partial charge on any atom is -0.493 e. The van der Waals surface area contributed by atoms with Crippen LogP contribution in [0.15, 0.2) is 77.9 Å². The van der Waals surface area contributed by atoms with Gasteiger partial charge in [0.1, 0.15) is 6.61 Å². The number of ether oxygens (including phenoxy) is 2. The van der Waals surface area contributed by atoms with E-state index in [-0.39, 0.29) is 5.56 Å². The molecule has 0 aliphatic carbocycles. The number of carboxylic acids is 1. The predicted octanol–water partition coefficient (Wildman–Crippen LogP) is 4.42. The van der Waals surface area contributed by atoms with E-state index in [2.05, 4.69) is 10.5 Å². The SMILES string of the molecule is COc1cc(/C=N\Nc2ccccc2C(=O)O)ccc1OCc1ccccc1. The Morgan fingerprint density at radius 3 is 2.54 bits per heavy atom. The molecule has 28 heavy (non-hydrogen) atoms. The average molecular weight is 376 g/mol. The van der Waals surface area contributed by atoms with E-state index in [1.807, 2.05) is 42.5 Å². The van der Waals surface area contributed by atoms with Crippen LogP contribution in [-0.2, 0) is 6.61 Å². The van der Waals surface area contributed by atoms with E-state index in [4.69, 9.17) is 9.47 Å². The first kappa shape index (κ1) is 19.0. The van der Waals surface area contributed by atoms with Crippen molar-refractivity contribution in [1.29, 1.82) is 0 Å². The van der Waals surface area contributed by atoms with Crippen LogP contribution in [-0.4, -0.2) is 24.4 Å². The van der Waals surface area contributed by atoms with Crippen LogP contribution >= 0.6 is 0 Å². The second-order valence-corrected chi connectivity index (χ2v) is 5.91. The van der Waals surface area contributed by atoms with Crippen LogP contribution in [0.1, 0.15) is 21.5 Å². The standard InChI is InChI=1S/C22H20N2O4/c1-27-21-13-17(11-12-20(21)28-15-16-7-3-2-4-8-16)14-23-24-19-10-6-5-9-18(19)22(25)26/h2-14,24H,15H2,1H3,(H,25,26)/b23-14-. The average Bonchev–Trinajstić information content (AvgIpc) is 2.73. The van der Waals surface area contributed by atoms with Crippen molar-refractivity contribution < 1.29 is 19.4 Å². The van der Waals surface area contributed by atoms with Crippen LogP contribution in [0.25, 0.3) is 0 Å². The fourth-order valence-corrected chi connectivity index (χ4v) is 2.56. The third-order valence-corrected chi connectivity index (χ3v) is 3.98. The van der Waals surface area contributed by atoms with E-state index in [0.29, 0.717) is 23.8 Å². The lowest BCUT2D eigenvalue weighted by Crippen LogP contribution is -2.02. The molecule has 3 aromatic rings. The Morgan fingerprint density at radius 1 is 1.04 bits per heavy atom. The number of hydrogen-bond acceptors (Lipinski definition) is 5. The number of methoxy groups -OCH3 is 1. The van der Waals surface area contributed by atoms with Gasteiger partial charge >= 0.3 is 5.97 Å². The van der Waals surface area contributed by atoms with Crippen molar-refractivity contribution in [2.24, 2.45) is 5.10 Å². The van der Waals surface area contributed by atoms with Crippen molar-refractivity contribution in [3.8, 4) is 11.5 Å². The van der Waals surface area contributed by atoms with Crippen LogP contribution in [0.4, 0.5) is 5.69 Å². The second kappa shape index (κ2) is 9.23. The lowest BCUT2D eigenvalue weighted by Gasteiger charge is -2.11. The summed E-state index contributed by atoms with van der Waals surface area (Å²) in [6.45, 7) is 0.443. The smallest absolute Gasteiger partial charge is 0.337 e. The molecule has 0 fully saturated rings. The summed E-state index contributed by atoms with van der Waals surface area (Å²) in [4.78, 5) is 11.2. The first-order chi connectivity index (χ1) is 13.7. The summed E-state index contributed by atoms with van der Waals surface area (Å²) in [7, 11) is 1.58. The number of rotatable bonds is 8. The molecule has 3 aromatic carbocycles. The number of carbonyl (C=O) groups is 1. The van der Waals surface area contributed by atoms with Gasteiger partial charge in [-0.15, -0.1) is 0 Å². The number of hydrogen-bond donors (Lipinski definition) is 2. The molecule has 0 spiro atoms. The van der Waals surface area contributed by atoms with E-state index in [1.165, 1.54) is 6.07 Å². The van der Waals surface area contributed by atoms with Gasteiger partial charge < -0.3 is 14.6 Å². The normalized spacial score (nSPS) is 10.6. The molecule has 0 radical (unpaired) electrons. The number of para-hydroxylation sites is 1. The highest BCUT2D eigenvalue weighted by molar-refractivity contribution is 5.94. The minimum atomic E-state index is -1.01. The molecule has 0 aromatic heterocycles. The zero-order valence-electron chi connectivity index (χ0n) is 15.3. The first-order valence-corrected chi connectivity index (χ1v) is 8.63. The monoisotopic (exact) mass is 376 g/mol. The Balaban J connectivity index is 1.68. The summed E-state index contributed by atoms with van der Waals surface area (Å²) >= 11 is 0. The Hall–Kier alpha value is -3.80. The van der Waals surface area contributed by atoms with E-state index < -0.39 is 5.97 Å². The van der Waals surface area contributed by atoms with Crippen molar-refractivity contribution >= 4 is 17.9 Å². The van der Waals surface area contributed by atoms with Crippen LogP contribution < -0.4 is 14.9 Å². The van der Waals surface area contributed by atoms with Crippen LogP contribution in [0.2, 0.25) is 0 Å². The highest BCUT2D eigenvalue weighted by Crippen LogP contribution is 2.28. The van der Waals surface area contributed by atoms with E-state index in [0.717, 1.165) is 11.1 Å². The molecule has 0 aliphatic heterocycles. The molecule has 0 amide bonds. The van der Waals surface area contributed by atoms with Gasteiger partial charge in [0.25, 0.3) is 0 Å². The third-order valence-electron chi connectivity index (χ3n) is 3.98. The molecule has 6 nitrogen and oxygen atoms in total. The van der Waals surface area contributed by atoms with Crippen molar-refractivity contribution in [3.05, 3.63) is 89.5 Å². The molecule has 0 heterocycles. The molecule has 0 saturated carbocycles.